The lowest BCUT2D eigenvalue weighted by atomic mass is 9.47. The van der Waals surface area contributed by atoms with Crippen molar-refractivity contribution in [1.29, 1.82) is 0 Å². The van der Waals surface area contributed by atoms with Gasteiger partial charge in [0.25, 0.3) is 0 Å². The summed E-state index contributed by atoms with van der Waals surface area (Å²) in [7, 11) is 2.17. The fourth-order valence-electron chi connectivity index (χ4n) is 5.89. The second kappa shape index (κ2) is 5.00. The van der Waals surface area contributed by atoms with E-state index in [0.717, 1.165) is 22.1 Å². The van der Waals surface area contributed by atoms with Crippen LogP contribution in [0.5, 0.6) is 0 Å². The van der Waals surface area contributed by atoms with Crippen molar-refractivity contribution in [3.63, 3.8) is 0 Å². The number of thiophene rings is 1. The summed E-state index contributed by atoms with van der Waals surface area (Å²) in [5, 5.41) is 3.68. The first-order valence-electron chi connectivity index (χ1n) is 8.08. The summed E-state index contributed by atoms with van der Waals surface area (Å²) in [6.45, 7) is 0. The van der Waals surface area contributed by atoms with Crippen molar-refractivity contribution in [2.45, 2.75) is 51.0 Å². The lowest BCUT2D eigenvalue weighted by molar-refractivity contribution is -0.0723. The molecule has 1 aromatic heterocycles. The van der Waals surface area contributed by atoms with Gasteiger partial charge in [-0.1, -0.05) is 11.6 Å². The van der Waals surface area contributed by atoms with Crippen LogP contribution in [0.3, 0.4) is 0 Å². The summed E-state index contributed by atoms with van der Waals surface area (Å²) < 4.78 is 0.931. The molecule has 1 nitrogen and oxygen atoms in total. The van der Waals surface area contributed by atoms with Gasteiger partial charge in [0.15, 0.2) is 0 Å². The first-order valence-corrected chi connectivity index (χ1v) is 9.28. The molecule has 3 heteroatoms. The molecule has 1 aromatic rings. The fraction of sp³-hybridized carbons (Fsp3) is 0.765. The third-order valence-electron chi connectivity index (χ3n) is 6.21. The lowest BCUT2D eigenvalue weighted by Gasteiger charge is -2.59. The molecular formula is C17H24ClNS. The lowest BCUT2D eigenvalue weighted by Crippen LogP contribution is -2.55. The highest BCUT2D eigenvalue weighted by atomic mass is 35.5. The number of halogens is 1. The van der Waals surface area contributed by atoms with Crippen LogP contribution >= 0.6 is 22.9 Å². The quantitative estimate of drug-likeness (QED) is 0.846. The molecule has 5 rings (SSSR count). The summed E-state index contributed by atoms with van der Waals surface area (Å²) >= 11 is 7.86. The van der Waals surface area contributed by atoms with Gasteiger partial charge in [-0.2, -0.15) is 0 Å². The van der Waals surface area contributed by atoms with Crippen molar-refractivity contribution in [3.8, 4) is 0 Å². The molecule has 20 heavy (non-hydrogen) atoms. The summed E-state index contributed by atoms with van der Waals surface area (Å²) in [5.74, 6) is 3.09. The van der Waals surface area contributed by atoms with Crippen LogP contribution in [0.4, 0.5) is 0 Å². The zero-order valence-electron chi connectivity index (χ0n) is 12.2. The normalized spacial score (nSPS) is 40.2. The van der Waals surface area contributed by atoms with Gasteiger partial charge in [-0.15, -0.1) is 11.3 Å². The Labute approximate surface area is 131 Å². The van der Waals surface area contributed by atoms with Crippen LogP contribution in [-0.4, -0.2) is 13.1 Å². The second-order valence-electron chi connectivity index (χ2n) is 7.53. The second-order valence-corrected chi connectivity index (χ2v) is 9.33. The van der Waals surface area contributed by atoms with Gasteiger partial charge in [-0.25, -0.2) is 0 Å². The van der Waals surface area contributed by atoms with Gasteiger partial charge in [0.1, 0.15) is 0 Å². The highest BCUT2D eigenvalue weighted by Crippen LogP contribution is 2.61. The topological polar surface area (TPSA) is 12.0 Å². The standard InChI is InChI=1S/C17H24ClNS/c1-19-15(7-14-2-3-16(18)20-14)17-8-11-4-12(9-17)6-13(5-11)10-17/h2-3,11-13,15,19H,4-10H2,1H3. The molecule has 0 radical (unpaired) electrons. The van der Waals surface area contributed by atoms with Crippen molar-refractivity contribution < 1.29 is 0 Å². The zero-order valence-corrected chi connectivity index (χ0v) is 13.8. The number of likely N-dealkylation sites (N-methyl/N-ethyl adjacent to an activating group) is 1. The summed E-state index contributed by atoms with van der Waals surface area (Å²) in [6.07, 6.45) is 10.2. The van der Waals surface area contributed by atoms with Gasteiger partial charge < -0.3 is 5.32 Å². The van der Waals surface area contributed by atoms with Gasteiger partial charge >= 0.3 is 0 Å². The smallest absolute Gasteiger partial charge is 0.0931 e. The first kappa shape index (κ1) is 13.6. The van der Waals surface area contributed by atoms with Crippen molar-refractivity contribution in [2.24, 2.45) is 23.2 Å². The Balaban J connectivity index is 1.57. The summed E-state index contributed by atoms with van der Waals surface area (Å²) in [6, 6.07) is 4.91. The van der Waals surface area contributed by atoms with Crippen molar-refractivity contribution in [1.82, 2.24) is 5.32 Å². The highest BCUT2D eigenvalue weighted by Gasteiger charge is 2.53. The van der Waals surface area contributed by atoms with E-state index in [1.165, 1.54) is 49.8 Å². The van der Waals surface area contributed by atoms with E-state index in [1.807, 2.05) is 6.07 Å². The fourth-order valence-corrected chi connectivity index (χ4v) is 7.02. The van der Waals surface area contributed by atoms with Crippen LogP contribution in [0.15, 0.2) is 12.1 Å². The maximum atomic E-state index is 6.10. The molecule has 0 saturated heterocycles. The molecule has 1 N–H and O–H groups in total. The number of rotatable bonds is 4. The summed E-state index contributed by atoms with van der Waals surface area (Å²) in [5.41, 5.74) is 0.583. The Morgan fingerprint density at radius 1 is 1.20 bits per heavy atom. The van der Waals surface area contributed by atoms with Crippen LogP contribution in [0, 0.1) is 23.2 Å². The maximum absolute atomic E-state index is 6.10. The largest absolute Gasteiger partial charge is 0.316 e. The van der Waals surface area contributed by atoms with Gasteiger partial charge in [0.05, 0.1) is 4.34 Å². The molecule has 1 heterocycles. The van der Waals surface area contributed by atoms with Crippen LogP contribution < -0.4 is 5.32 Å². The minimum atomic E-state index is 0.583. The SMILES string of the molecule is CNC(Cc1ccc(Cl)s1)C12CC3CC(CC(C3)C1)C2. The molecule has 1 unspecified atom stereocenters. The molecule has 4 aliphatic rings. The Morgan fingerprint density at radius 2 is 1.80 bits per heavy atom. The first-order chi connectivity index (χ1) is 9.67. The summed E-state index contributed by atoms with van der Waals surface area (Å²) in [4.78, 5) is 1.45. The average Bonchev–Trinajstić information content (AvgIpc) is 2.80. The molecule has 4 fully saturated rings. The average molecular weight is 310 g/mol. The molecule has 0 aromatic carbocycles. The van der Waals surface area contributed by atoms with Crippen LogP contribution in [0.1, 0.15) is 43.4 Å². The van der Waals surface area contributed by atoms with Gasteiger partial charge in [0, 0.05) is 10.9 Å². The molecule has 4 bridgehead atoms. The molecule has 0 aliphatic heterocycles. The van der Waals surface area contributed by atoms with Crippen LogP contribution in [-0.2, 0) is 6.42 Å². The Hall–Kier alpha value is -0.0500. The van der Waals surface area contributed by atoms with E-state index in [-0.39, 0.29) is 0 Å². The van der Waals surface area contributed by atoms with Gasteiger partial charge in [0.2, 0.25) is 0 Å². The van der Waals surface area contributed by atoms with Gasteiger partial charge in [-0.05, 0) is 87.3 Å². The Kier molecular flexibility index (Phi) is 3.40. The zero-order chi connectivity index (χ0) is 13.7. The number of hydrogen-bond donors (Lipinski definition) is 1. The van der Waals surface area contributed by atoms with Crippen LogP contribution in [0.25, 0.3) is 0 Å². The van der Waals surface area contributed by atoms with Crippen molar-refractivity contribution in [3.05, 3.63) is 21.3 Å². The molecule has 110 valence electrons. The predicted octanol–water partition coefficient (Wildman–Crippen LogP) is 4.75. The van der Waals surface area contributed by atoms with E-state index in [2.05, 4.69) is 18.4 Å². The number of hydrogen-bond acceptors (Lipinski definition) is 2. The van der Waals surface area contributed by atoms with Gasteiger partial charge in [-0.3, -0.25) is 0 Å². The monoisotopic (exact) mass is 309 g/mol. The van der Waals surface area contributed by atoms with Crippen molar-refractivity contribution >= 4 is 22.9 Å². The Bertz CT molecular complexity index is 460. The molecule has 1 atom stereocenters. The molecule has 4 saturated carbocycles. The maximum Gasteiger partial charge on any atom is 0.0931 e. The highest BCUT2D eigenvalue weighted by molar-refractivity contribution is 7.16. The molecule has 0 amide bonds. The van der Waals surface area contributed by atoms with E-state index in [9.17, 15) is 0 Å². The van der Waals surface area contributed by atoms with E-state index < -0.39 is 0 Å². The van der Waals surface area contributed by atoms with Crippen LogP contribution in [0.2, 0.25) is 4.34 Å². The molecule has 0 spiro atoms. The molecular weight excluding hydrogens is 286 g/mol. The minimum absolute atomic E-state index is 0.583. The third kappa shape index (κ3) is 2.24. The van der Waals surface area contributed by atoms with E-state index >= 15 is 0 Å². The Morgan fingerprint density at radius 3 is 2.25 bits per heavy atom. The van der Waals surface area contributed by atoms with E-state index in [0.29, 0.717) is 11.5 Å². The van der Waals surface area contributed by atoms with Crippen molar-refractivity contribution in [2.75, 3.05) is 7.05 Å². The minimum Gasteiger partial charge on any atom is -0.316 e. The number of nitrogens with one attached hydrogen (secondary N) is 1. The van der Waals surface area contributed by atoms with E-state index in [4.69, 9.17) is 11.6 Å². The predicted molar refractivity (Wildman–Crippen MR) is 86.5 cm³/mol. The third-order valence-corrected chi connectivity index (χ3v) is 7.46. The van der Waals surface area contributed by atoms with E-state index in [1.54, 1.807) is 11.3 Å². The molecule has 4 aliphatic carbocycles.